The summed E-state index contributed by atoms with van der Waals surface area (Å²) in [5, 5.41) is 29.0. The summed E-state index contributed by atoms with van der Waals surface area (Å²) in [6.07, 6.45) is 0.152. The van der Waals surface area contributed by atoms with Crippen LogP contribution in [0.4, 0.5) is 4.79 Å². The van der Waals surface area contributed by atoms with Crippen molar-refractivity contribution in [2.45, 2.75) is 31.4 Å². The first-order valence-corrected chi connectivity index (χ1v) is 5.62. The second-order valence-corrected chi connectivity index (χ2v) is 4.05. The van der Waals surface area contributed by atoms with Gasteiger partial charge in [-0.25, -0.2) is 9.59 Å². The smallest absolute Gasteiger partial charge is 0.332 e. The van der Waals surface area contributed by atoms with Crippen molar-refractivity contribution in [1.29, 1.82) is 0 Å². The van der Waals surface area contributed by atoms with E-state index in [1.54, 1.807) is 0 Å². The zero-order valence-corrected chi connectivity index (χ0v) is 9.50. The number of aliphatic hydroxyl groups is 2. The number of urea groups is 1. The Balaban J connectivity index is 2.27. The van der Waals surface area contributed by atoms with Crippen LogP contribution in [0.2, 0.25) is 0 Å². The molecule has 1 aliphatic heterocycles. The number of hydrogen-bond donors (Lipinski definition) is 4. The van der Waals surface area contributed by atoms with Crippen molar-refractivity contribution in [2.24, 2.45) is 0 Å². The number of amides is 2. The fourth-order valence-electron chi connectivity index (χ4n) is 1.83. The second-order valence-electron chi connectivity index (χ2n) is 4.05. The Morgan fingerprint density at radius 2 is 2.18 bits per heavy atom. The quantitative estimate of drug-likeness (QED) is 0.497. The lowest BCUT2D eigenvalue weighted by Crippen LogP contribution is -2.45. The van der Waals surface area contributed by atoms with E-state index in [1.807, 2.05) is 0 Å². The van der Waals surface area contributed by atoms with Crippen molar-refractivity contribution < 1.29 is 24.9 Å². The summed E-state index contributed by atoms with van der Waals surface area (Å²) >= 11 is 0. The number of carbonyl (C=O) groups excluding carboxylic acids is 1. The molecule has 1 aliphatic rings. The second kappa shape index (κ2) is 6.41. The molecule has 0 aromatic rings. The van der Waals surface area contributed by atoms with Crippen LogP contribution >= 0.6 is 0 Å². The molecule has 7 heteroatoms. The molecule has 17 heavy (non-hydrogen) atoms. The molecule has 98 valence electrons. The standard InChI is InChI=1S/C10H18N2O5/c13-6-7-2-1-5-12(7)10(17)11-4-3-8(14)9(15)16/h7-8,13-14H,1-6H2,(H,11,17)(H,15,16). The van der Waals surface area contributed by atoms with E-state index in [9.17, 15) is 9.59 Å². The largest absolute Gasteiger partial charge is 0.479 e. The van der Waals surface area contributed by atoms with Crippen LogP contribution in [0.5, 0.6) is 0 Å². The van der Waals surface area contributed by atoms with Crippen molar-refractivity contribution in [1.82, 2.24) is 10.2 Å². The molecule has 0 aromatic heterocycles. The van der Waals surface area contributed by atoms with E-state index >= 15 is 0 Å². The van der Waals surface area contributed by atoms with E-state index in [2.05, 4.69) is 5.32 Å². The maximum atomic E-state index is 11.6. The molecule has 0 aromatic carbocycles. The molecule has 0 aliphatic carbocycles. The Bertz CT molecular complexity index is 284. The molecule has 1 rings (SSSR count). The molecule has 4 N–H and O–H groups in total. The van der Waals surface area contributed by atoms with Crippen LogP contribution in [0.1, 0.15) is 19.3 Å². The summed E-state index contributed by atoms with van der Waals surface area (Å²) in [5.74, 6) is -1.30. The third-order valence-electron chi connectivity index (χ3n) is 2.83. The van der Waals surface area contributed by atoms with Crippen molar-refractivity contribution in [3.63, 3.8) is 0 Å². The summed E-state index contributed by atoms with van der Waals surface area (Å²) in [6, 6.07) is -0.474. The van der Waals surface area contributed by atoms with Gasteiger partial charge in [0, 0.05) is 19.5 Å². The Labute approximate surface area is 99.0 Å². The number of hydrogen-bond acceptors (Lipinski definition) is 4. The first-order valence-electron chi connectivity index (χ1n) is 5.62. The summed E-state index contributed by atoms with van der Waals surface area (Å²) in [7, 11) is 0. The van der Waals surface area contributed by atoms with Crippen molar-refractivity contribution in [2.75, 3.05) is 19.7 Å². The van der Waals surface area contributed by atoms with Crippen LogP contribution in [0.15, 0.2) is 0 Å². The number of carbonyl (C=O) groups is 2. The predicted molar refractivity (Wildman–Crippen MR) is 58.5 cm³/mol. The lowest BCUT2D eigenvalue weighted by atomic mass is 10.2. The average molecular weight is 246 g/mol. The maximum Gasteiger partial charge on any atom is 0.332 e. The van der Waals surface area contributed by atoms with Crippen LogP contribution in [0.25, 0.3) is 0 Å². The highest BCUT2D eigenvalue weighted by atomic mass is 16.4. The number of aliphatic carboxylic acids is 1. The topological polar surface area (TPSA) is 110 Å². The first kappa shape index (κ1) is 13.7. The number of rotatable bonds is 5. The van der Waals surface area contributed by atoms with Crippen molar-refractivity contribution in [3.05, 3.63) is 0 Å². The van der Waals surface area contributed by atoms with Gasteiger partial charge in [-0.15, -0.1) is 0 Å². The van der Waals surface area contributed by atoms with Gasteiger partial charge in [0.25, 0.3) is 0 Å². The molecule has 0 spiro atoms. The van der Waals surface area contributed by atoms with E-state index in [-0.39, 0.29) is 31.6 Å². The number of carboxylic acid groups (broad SMARTS) is 1. The van der Waals surface area contributed by atoms with Gasteiger partial charge in [-0.1, -0.05) is 0 Å². The van der Waals surface area contributed by atoms with Gasteiger partial charge in [0.15, 0.2) is 6.10 Å². The van der Waals surface area contributed by atoms with E-state index < -0.39 is 12.1 Å². The molecule has 7 nitrogen and oxygen atoms in total. The van der Waals surface area contributed by atoms with Crippen LogP contribution < -0.4 is 5.32 Å². The van der Waals surface area contributed by atoms with E-state index in [4.69, 9.17) is 15.3 Å². The van der Waals surface area contributed by atoms with E-state index in [0.717, 1.165) is 12.8 Å². The highest BCUT2D eigenvalue weighted by Gasteiger charge is 2.27. The summed E-state index contributed by atoms with van der Waals surface area (Å²) in [4.78, 5) is 23.5. The molecule has 1 heterocycles. The number of nitrogens with one attached hydrogen (secondary N) is 1. The Morgan fingerprint density at radius 1 is 1.47 bits per heavy atom. The van der Waals surface area contributed by atoms with E-state index in [1.165, 1.54) is 4.90 Å². The number of carboxylic acids is 1. The highest BCUT2D eigenvalue weighted by Crippen LogP contribution is 2.16. The van der Waals surface area contributed by atoms with Gasteiger partial charge < -0.3 is 25.5 Å². The van der Waals surface area contributed by atoms with E-state index in [0.29, 0.717) is 6.54 Å². The fraction of sp³-hybridized carbons (Fsp3) is 0.800. The maximum absolute atomic E-state index is 11.6. The molecular weight excluding hydrogens is 228 g/mol. The third kappa shape index (κ3) is 3.86. The summed E-state index contributed by atoms with van der Waals surface area (Å²) in [5.41, 5.74) is 0. The van der Waals surface area contributed by atoms with Crippen molar-refractivity contribution in [3.8, 4) is 0 Å². The van der Waals surface area contributed by atoms with Crippen LogP contribution in [-0.2, 0) is 4.79 Å². The Hall–Kier alpha value is -1.34. The minimum absolute atomic E-state index is 0.0291. The summed E-state index contributed by atoms with van der Waals surface area (Å²) < 4.78 is 0. The van der Waals surface area contributed by atoms with Crippen molar-refractivity contribution >= 4 is 12.0 Å². The van der Waals surface area contributed by atoms with Gasteiger partial charge in [-0.3, -0.25) is 0 Å². The van der Waals surface area contributed by atoms with Crippen LogP contribution in [0, 0.1) is 0 Å². The monoisotopic (exact) mass is 246 g/mol. The highest BCUT2D eigenvalue weighted by molar-refractivity contribution is 5.75. The number of aliphatic hydroxyl groups excluding tert-OH is 2. The van der Waals surface area contributed by atoms with Gasteiger partial charge in [-0.05, 0) is 12.8 Å². The molecule has 2 unspecified atom stereocenters. The normalized spacial score (nSPS) is 21.3. The Morgan fingerprint density at radius 3 is 2.76 bits per heavy atom. The molecule has 2 amide bonds. The number of nitrogens with zero attached hydrogens (tertiary/aromatic N) is 1. The fourth-order valence-corrected chi connectivity index (χ4v) is 1.83. The molecule has 1 saturated heterocycles. The van der Waals surface area contributed by atoms with Crippen LogP contribution in [0.3, 0.4) is 0 Å². The molecule has 0 radical (unpaired) electrons. The minimum atomic E-state index is -1.46. The molecule has 1 fully saturated rings. The SMILES string of the molecule is O=C(O)C(O)CCNC(=O)N1CCCC1CO. The molecule has 0 bridgehead atoms. The molecule has 0 saturated carbocycles. The predicted octanol–water partition coefficient (Wildman–Crippen LogP) is -1.01. The minimum Gasteiger partial charge on any atom is -0.479 e. The lowest BCUT2D eigenvalue weighted by molar-refractivity contribution is -0.146. The van der Waals surface area contributed by atoms with Gasteiger partial charge in [0.05, 0.1) is 12.6 Å². The van der Waals surface area contributed by atoms with Gasteiger partial charge in [0.2, 0.25) is 0 Å². The number of likely N-dealkylation sites (tertiary alicyclic amines) is 1. The zero-order valence-electron chi connectivity index (χ0n) is 9.50. The zero-order chi connectivity index (χ0) is 12.8. The Kier molecular flexibility index (Phi) is 5.17. The van der Waals surface area contributed by atoms with Gasteiger partial charge in [0.1, 0.15) is 0 Å². The summed E-state index contributed by atoms with van der Waals surface area (Å²) in [6.45, 7) is 0.630. The average Bonchev–Trinajstić information content (AvgIpc) is 2.76. The molecule has 2 atom stereocenters. The first-order chi connectivity index (χ1) is 8.06. The van der Waals surface area contributed by atoms with Gasteiger partial charge in [-0.2, -0.15) is 0 Å². The van der Waals surface area contributed by atoms with Crippen LogP contribution in [-0.4, -0.2) is 64.1 Å². The van der Waals surface area contributed by atoms with Gasteiger partial charge >= 0.3 is 12.0 Å². The lowest BCUT2D eigenvalue weighted by Gasteiger charge is -2.23. The molecular formula is C10H18N2O5. The third-order valence-corrected chi connectivity index (χ3v) is 2.83.